The van der Waals surface area contributed by atoms with Crippen molar-refractivity contribution in [1.82, 2.24) is 10.2 Å². The zero-order valence-electron chi connectivity index (χ0n) is 23.3. The Labute approximate surface area is 228 Å². The maximum Gasteiger partial charge on any atom is 0.243 e. The van der Waals surface area contributed by atoms with Gasteiger partial charge in [0.15, 0.2) is 0 Å². The van der Waals surface area contributed by atoms with Gasteiger partial charge in [-0.3, -0.25) is 13.9 Å². The maximum atomic E-state index is 13.6. The Morgan fingerprint density at radius 3 is 2.26 bits per heavy atom. The largest absolute Gasteiger partial charge is 0.352 e. The van der Waals surface area contributed by atoms with Crippen LogP contribution >= 0.6 is 0 Å². The fourth-order valence-electron chi connectivity index (χ4n) is 5.26. The summed E-state index contributed by atoms with van der Waals surface area (Å²) >= 11 is 0. The molecule has 0 aromatic heterocycles. The van der Waals surface area contributed by atoms with Crippen LogP contribution in [0.25, 0.3) is 0 Å². The van der Waals surface area contributed by atoms with Gasteiger partial charge in [0.1, 0.15) is 6.04 Å². The summed E-state index contributed by atoms with van der Waals surface area (Å²) in [6.45, 7) is 6.39. The lowest BCUT2D eigenvalue weighted by atomic mass is 9.95. The molecular formula is C30H43N3O4S. The van der Waals surface area contributed by atoms with Crippen molar-refractivity contribution in [3.63, 3.8) is 0 Å². The molecule has 2 aromatic carbocycles. The van der Waals surface area contributed by atoms with Gasteiger partial charge in [-0.2, -0.15) is 0 Å². The van der Waals surface area contributed by atoms with Gasteiger partial charge in [-0.05, 0) is 62.8 Å². The van der Waals surface area contributed by atoms with Crippen LogP contribution < -0.4 is 9.62 Å². The summed E-state index contributed by atoms with van der Waals surface area (Å²) in [5.74, 6) is -0.243. The molecule has 0 bridgehead atoms. The van der Waals surface area contributed by atoms with Gasteiger partial charge in [0.2, 0.25) is 21.8 Å². The maximum absolute atomic E-state index is 13.6. The van der Waals surface area contributed by atoms with Gasteiger partial charge in [-0.15, -0.1) is 0 Å². The van der Waals surface area contributed by atoms with E-state index in [2.05, 4.69) is 5.32 Å². The number of anilines is 1. The highest BCUT2D eigenvalue weighted by Crippen LogP contribution is 2.22. The molecule has 2 amide bonds. The zero-order valence-corrected chi connectivity index (χ0v) is 24.1. The van der Waals surface area contributed by atoms with Crippen molar-refractivity contribution in [2.24, 2.45) is 0 Å². The average Bonchev–Trinajstić information content (AvgIpc) is 2.86. The third-order valence-corrected chi connectivity index (χ3v) is 8.41. The van der Waals surface area contributed by atoms with Crippen LogP contribution in [0.15, 0.2) is 48.5 Å². The first-order valence-corrected chi connectivity index (χ1v) is 15.6. The molecule has 38 heavy (non-hydrogen) atoms. The molecule has 1 fully saturated rings. The van der Waals surface area contributed by atoms with Gasteiger partial charge < -0.3 is 10.2 Å². The minimum absolute atomic E-state index is 0.0991. The number of carbonyl (C=O) groups excluding carboxylic acids is 2. The van der Waals surface area contributed by atoms with Crippen LogP contribution in [-0.4, -0.2) is 50.0 Å². The van der Waals surface area contributed by atoms with Gasteiger partial charge in [0.25, 0.3) is 0 Å². The number of aryl methyl sites for hydroxylation is 2. The van der Waals surface area contributed by atoms with Gasteiger partial charge in [-0.1, -0.05) is 68.1 Å². The van der Waals surface area contributed by atoms with E-state index in [0.717, 1.165) is 42.4 Å². The topological polar surface area (TPSA) is 86.8 Å². The van der Waals surface area contributed by atoms with Gasteiger partial charge in [0, 0.05) is 25.6 Å². The highest BCUT2D eigenvalue weighted by atomic mass is 32.2. The molecule has 1 N–H and O–H groups in total. The molecule has 1 aliphatic carbocycles. The number of benzene rings is 2. The molecule has 2 aromatic rings. The van der Waals surface area contributed by atoms with E-state index in [0.29, 0.717) is 25.1 Å². The lowest BCUT2D eigenvalue weighted by Crippen LogP contribution is -2.51. The van der Waals surface area contributed by atoms with Gasteiger partial charge >= 0.3 is 0 Å². The first-order valence-electron chi connectivity index (χ1n) is 13.8. The number of nitrogens with one attached hydrogen (secondary N) is 1. The molecule has 0 heterocycles. The zero-order chi connectivity index (χ0) is 27.7. The summed E-state index contributed by atoms with van der Waals surface area (Å²) < 4.78 is 26.4. The van der Waals surface area contributed by atoms with Crippen molar-refractivity contribution in [2.75, 3.05) is 17.1 Å². The lowest BCUT2D eigenvalue weighted by molar-refractivity contribution is -0.141. The van der Waals surface area contributed by atoms with E-state index in [1.54, 1.807) is 11.0 Å². The highest BCUT2D eigenvalue weighted by Gasteiger charge is 2.30. The summed E-state index contributed by atoms with van der Waals surface area (Å²) in [6, 6.07) is 14.9. The van der Waals surface area contributed by atoms with Gasteiger partial charge in [-0.25, -0.2) is 8.42 Å². The highest BCUT2D eigenvalue weighted by molar-refractivity contribution is 7.92. The number of carbonyl (C=O) groups is 2. The fourth-order valence-corrected chi connectivity index (χ4v) is 6.22. The quantitative estimate of drug-likeness (QED) is 0.405. The van der Waals surface area contributed by atoms with Crippen molar-refractivity contribution in [1.29, 1.82) is 0 Å². The number of nitrogens with zero attached hydrogens (tertiary/aromatic N) is 2. The Hall–Kier alpha value is -2.87. The van der Waals surface area contributed by atoms with E-state index in [-0.39, 0.29) is 30.8 Å². The van der Waals surface area contributed by atoms with E-state index in [4.69, 9.17) is 0 Å². The van der Waals surface area contributed by atoms with Crippen LogP contribution in [0.1, 0.15) is 75.0 Å². The lowest BCUT2D eigenvalue weighted by Gasteiger charge is -2.33. The predicted octanol–water partition coefficient (Wildman–Crippen LogP) is 5.11. The molecule has 0 spiro atoms. The van der Waals surface area contributed by atoms with Crippen molar-refractivity contribution < 1.29 is 18.0 Å². The van der Waals surface area contributed by atoms with Crippen LogP contribution in [0.4, 0.5) is 5.69 Å². The van der Waals surface area contributed by atoms with E-state index in [1.165, 1.54) is 17.0 Å². The van der Waals surface area contributed by atoms with E-state index < -0.39 is 16.1 Å². The normalized spacial score (nSPS) is 15.1. The van der Waals surface area contributed by atoms with Crippen LogP contribution in [0.2, 0.25) is 0 Å². The third-order valence-electron chi connectivity index (χ3n) is 7.21. The van der Waals surface area contributed by atoms with Crippen molar-refractivity contribution >= 4 is 27.5 Å². The molecule has 1 saturated carbocycles. The molecule has 0 aliphatic heterocycles. The monoisotopic (exact) mass is 541 g/mol. The molecule has 3 rings (SSSR count). The average molecular weight is 542 g/mol. The summed E-state index contributed by atoms with van der Waals surface area (Å²) in [6.07, 6.45) is 7.59. The minimum Gasteiger partial charge on any atom is -0.352 e. The molecular weight excluding hydrogens is 498 g/mol. The smallest absolute Gasteiger partial charge is 0.243 e. The van der Waals surface area contributed by atoms with E-state index in [9.17, 15) is 18.0 Å². The molecule has 0 unspecified atom stereocenters. The molecule has 1 aliphatic rings. The molecule has 7 nitrogen and oxygen atoms in total. The Kier molecular flexibility index (Phi) is 10.8. The molecule has 1 atom stereocenters. The second-order valence-corrected chi connectivity index (χ2v) is 12.5. The Morgan fingerprint density at radius 1 is 1.00 bits per heavy atom. The van der Waals surface area contributed by atoms with Crippen molar-refractivity contribution in [3.8, 4) is 0 Å². The summed E-state index contributed by atoms with van der Waals surface area (Å²) in [7, 11) is -3.51. The Bertz CT molecular complexity index is 1190. The Morgan fingerprint density at radius 2 is 1.66 bits per heavy atom. The van der Waals surface area contributed by atoms with E-state index in [1.807, 2.05) is 63.2 Å². The SMILES string of the molecule is CC[C@@H](C(=O)NC1CCCCC1)N(Cc1cccc(C)c1)C(=O)CCCN(c1cccc(C)c1)S(C)(=O)=O. The van der Waals surface area contributed by atoms with Crippen molar-refractivity contribution in [3.05, 3.63) is 65.2 Å². The first kappa shape index (κ1) is 29.7. The summed E-state index contributed by atoms with van der Waals surface area (Å²) in [5, 5.41) is 3.20. The number of sulfonamides is 1. The van der Waals surface area contributed by atoms with Crippen LogP contribution in [0.3, 0.4) is 0 Å². The van der Waals surface area contributed by atoms with Crippen molar-refractivity contribution in [2.45, 2.75) is 90.8 Å². The molecule has 0 saturated heterocycles. The van der Waals surface area contributed by atoms with E-state index >= 15 is 0 Å². The summed E-state index contributed by atoms with van der Waals surface area (Å²) in [5.41, 5.74) is 3.62. The Balaban J connectivity index is 1.76. The number of hydrogen-bond donors (Lipinski definition) is 1. The predicted molar refractivity (Wildman–Crippen MR) is 153 cm³/mol. The second-order valence-electron chi connectivity index (χ2n) is 10.6. The van der Waals surface area contributed by atoms with Crippen LogP contribution in [0, 0.1) is 13.8 Å². The third kappa shape index (κ3) is 8.58. The molecule has 8 heteroatoms. The number of hydrogen-bond acceptors (Lipinski definition) is 4. The van der Waals surface area contributed by atoms with Crippen LogP contribution in [-0.2, 0) is 26.2 Å². The standard InChI is InChI=1S/C30H43N3O4S/c1-5-28(30(35)31-26-15-7-6-8-16-26)32(22-25-14-9-12-23(2)20-25)29(34)18-11-19-33(38(4,36)37)27-17-10-13-24(3)21-27/h9-10,12-14,17,20-21,26,28H,5-8,11,15-16,18-19,22H2,1-4H3,(H,31,35)/t28-/m0/s1. The second kappa shape index (κ2) is 13.8. The minimum atomic E-state index is -3.51. The summed E-state index contributed by atoms with van der Waals surface area (Å²) in [4.78, 5) is 28.7. The molecule has 208 valence electrons. The number of rotatable bonds is 12. The first-order chi connectivity index (χ1) is 18.1. The fraction of sp³-hybridized carbons (Fsp3) is 0.533. The van der Waals surface area contributed by atoms with Crippen LogP contribution in [0.5, 0.6) is 0 Å². The number of amides is 2. The van der Waals surface area contributed by atoms with Gasteiger partial charge in [0.05, 0.1) is 11.9 Å². The molecule has 0 radical (unpaired) electrons.